The van der Waals surface area contributed by atoms with E-state index in [-0.39, 0.29) is 0 Å². The molecule has 1 unspecified atom stereocenters. The molecule has 0 bridgehead atoms. The first-order valence-electron chi connectivity index (χ1n) is 6.29. The zero-order valence-electron chi connectivity index (χ0n) is 10.8. The van der Waals surface area contributed by atoms with Crippen LogP contribution in [0.3, 0.4) is 0 Å². The highest BCUT2D eigenvalue weighted by Crippen LogP contribution is 2.25. The maximum atomic E-state index is 10.2. The maximum absolute atomic E-state index is 10.2. The van der Waals surface area contributed by atoms with E-state index in [1.807, 2.05) is 35.0 Å². The van der Waals surface area contributed by atoms with Gasteiger partial charge in [0.15, 0.2) is 0 Å². The van der Waals surface area contributed by atoms with E-state index in [1.54, 1.807) is 18.0 Å². The molecule has 0 radical (unpaired) electrons. The Morgan fingerprint density at radius 2 is 2.05 bits per heavy atom. The zero-order valence-corrected chi connectivity index (χ0v) is 12.4. The van der Waals surface area contributed by atoms with Crippen LogP contribution in [0.15, 0.2) is 41.4 Å². The molecule has 0 fully saturated rings. The van der Waals surface area contributed by atoms with Crippen molar-refractivity contribution in [3.63, 3.8) is 0 Å². The monoisotopic (exact) mass is 296 g/mol. The van der Waals surface area contributed by atoms with Gasteiger partial charge in [-0.2, -0.15) is 5.10 Å². The van der Waals surface area contributed by atoms with Gasteiger partial charge < -0.3 is 5.11 Å². The third-order valence-electron chi connectivity index (χ3n) is 2.75. The molecular formula is C14H17ClN2OS. The fourth-order valence-corrected chi connectivity index (χ4v) is 2.79. The molecule has 0 amide bonds. The molecule has 1 aromatic heterocycles. The van der Waals surface area contributed by atoms with Crippen LogP contribution >= 0.6 is 23.4 Å². The summed E-state index contributed by atoms with van der Waals surface area (Å²) >= 11 is 7.45. The molecule has 19 heavy (non-hydrogen) atoms. The summed E-state index contributed by atoms with van der Waals surface area (Å²) in [7, 11) is 0. The number of benzene rings is 1. The summed E-state index contributed by atoms with van der Waals surface area (Å²) in [4.78, 5) is 1.10. The highest BCUT2D eigenvalue weighted by Gasteiger charge is 2.13. The van der Waals surface area contributed by atoms with Crippen molar-refractivity contribution in [3.8, 4) is 0 Å². The van der Waals surface area contributed by atoms with Crippen molar-refractivity contribution >= 4 is 23.4 Å². The van der Waals surface area contributed by atoms with Gasteiger partial charge in [-0.3, -0.25) is 4.68 Å². The lowest BCUT2D eigenvalue weighted by atomic mass is 10.3. The SMILES string of the molecule is CCCn1nccc1C(O)CSc1ccc(Cl)cc1. The summed E-state index contributed by atoms with van der Waals surface area (Å²) < 4.78 is 1.87. The molecule has 0 saturated carbocycles. The number of aromatic nitrogens is 2. The molecule has 2 aromatic rings. The van der Waals surface area contributed by atoms with Crippen LogP contribution in [-0.4, -0.2) is 20.6 Å². The Kier molecular flexibility index (Phi) is 5.31. The highest BCUT2D eigenvalue weighted by atomic mass is 35.5. The van der Waals surface area contributed by atoms with Crippen molar-refractivity contribution in [2.45, 2.75) is 30.9 Å². The lowest BCUT2D eigenvalue weighted by Gasteiger charge is -2.12. The number of aryl methyl sites for hydroxylation is 1. The van der Waals surface area contributed by atoms with Gasteiger partial charge in [0.2, 0.25) is 0 Å². The molecular weight excluding hydrogens is 280 g/mol. The molecule has 3 nitrogen and oxygen atoms in total. The minimum Gasteiger partial charge on any atom is -0.386 e. The van der Waals surface area contributed by atoms with E-state index in [0.29, 0.717) is 5.75 Å². The Labute approximate surface area is 122 Å². The van der Waals surface area contributed by atoms with E-state index >= 15 is 0 Å². The number of rotatable bonds is 6. The summed E-state index contributed by atoms with van der Waals surface area (Å²) in [6, 6.07) is 9.52. The number of hydrogen-bond acceptors (Lipinski definition) is 3. The summed E-state index contributed by atoms with van der Waals surface area (Å²) in [6.45, 7) is 2.94. The maximum Gasteiger partial charge on any atom is 0.105 e. The van der Waals surface area contributed by atoms with E-state index in [1.165, 1.54) is 0 Å². The number of aliphatic hydroxyl groups excluding tert-OH is 1. The first-order chi connectivity index (χ1) is 9.20. The number of aliphatic hydroxyl groups is 1. The van der Waals surface area contributed by atoms with Crippen LogP contribution in [0.4, 0.5) is 0 Å². The Morgan fingerprint density at radius 3 is 2.74 bits per heavy atom. The Hall–Kier alpha value is -0.970. The standard InChI is InChI=1S/C14H17ClN2OS/c1-2-9-17-13(7-8-16-17)14(18)10-19-12-5-3-11(15)4-6-12/h3-8,14,18H,2,9-10H2,1H3. The van der Waals surface area contributed by atoms with Crippen molar-refractivity contribution < 1.29 is 5.11 Å². The second-order valence-corrected chi connectivity index (χ2v) is 5.79. The highest BCUT2D eigenvalue weighted by molar-refractivity contribution is 7.99. The van der Waals surface area contributed by atoms with Gasteiger partial charge in [0.05, 0.1) is 5.69 Å². The van der Waals surface area contributed by atoms with Gasteiger partial charge in [0.1, 0.15) is 6.10 Å². The largest absolute Gasteiger partial charge is 0.386 e. The number of hydrogen-bond donors (Lipinski definition) is 1. The first-order valence-corrected chi connectivity index (χ1v) is 7.65. The minimum atomic E-state index is -0.505. The summed E-state index contributed by atoms with van der Waals surface area (Å²) in [5.41, 5.74) is 0.878. The van der Waals surface area contributed by atoms with E-state index in [4.69, 9.17) is 11.6 Å². The second kappa shape index (κ2) is 6.98. The van der Waals surface area contributed by atoms with Gasteiger partial charge in [0.25, 0.3) is 0 Å². The normalized spacial score (nSPS) is 12.6. The van der Waals surface area contributed by atoms with Crippen LogP contribution in [-0.2, 0) is 6.54 Å². The molecule has 1 heterocycles. The van der Waals surface area contributed by atoms with Crippen LogP contribution in [0.25, 0.3) is 0 Å². The molecule has 0 saturated heterocycles. The third kappa shape index (κ3) is 4.00. The minimum absolute atomic E-state index is 0.505. The molecule has 1 atom stereocenters. The lowest BCUT2D eigenvalue weighted by Crippen LogP contribution is -2.10. The van der Waals surface area contributed by atoms with Crippen molar-refractivity contribution in [2.75, 3.05) is 5.75 Å². The van der Waals surface area contributed by atoms with Crippen molar-refractivity contribution in [2.24, 2.45) is 0 Å². The van der Waals surface area contributed by atoms with Crippen molar-refractivity contribution in [3.05, 3.63) is 47.2 Å². The Morgan fingerprint density at radius 1 is 1.32 bits per heavy atom. The Balaban J connectivity index is 1.95. The predicted molar refractivity (Wildman–Crippen MR) is 79.7 cm³/mol. The molecule has 2 rings (SSSR count). The number of thioether (sulfide) groups is 1. The predicted octanol–water partition coefficient (Wildman–Crippen LogP) is 3.77. The average Bonchev–Trinajstić information content (AvgIpc) is 2.86. The zero-order chi connectivity index (χ0) is 13.7. The fourth-order valence-electron chi connectivity index (χ4n) is 1.82. The van der Waals surface area contributed by atoms with Crippen molar-refractivity contribution in [1.82, 2.24) is 9.78 Å². The quantitative estimate of drug-likeness (QED) is 0.825. The van der Waals surface area contributed by atoms with E-state index < -0.39 is 6.10 Å². The molecule has 102 valence electrons. The molecule has 1 aromatic carbocycles. The summed E-state index contributed by atoms with van der Waals surface area (Å²) in [6.07, 6.45) is 2.24. The van der Waals surface area contributed by atoms with Crippen LogP contribution in [0.5, 0.6) is 0 Å². The second-order valence-electron chi connectivity index (χ2n) is 4.26. The number of halogens is 1. The van der Waals surface area contributed by atoms with Crippen molar-refractivity contribution in [1.29, 1.82) is 0 Å². The average molecular weight is 297 g/mol. The summed E-state index contributed by atoms with van der Waals surface area (Å²) in [5, 5.41) is 15.2. The molecule has 1 N–H and O–H groups in total. The van der Waals surface area contributed by atoms with Crippen LogP contribution in [0.2, 0.25) is 5.02 Å². The topological polar surface area (TPSA) is 38.0 Å². The van der Waals surface area contributed by atoms with Crippen LogP contribution < -0.4 is 0 Å². The molecule has 0 spiro atoms. The third-order valence-corrected chi connectivity index (χ3v) is 4.09. The van der Waals surface area contributed by atoms with Gasteiger partial charge in [-0.1, -0.05) is 18.5 Å². The van der Waals surface area contributed by atoms with Gasteiger partial charge in [-0.25, -0.2) is 0 Å². The summed E-state index contributed by atoms with van der Waals surface area (Å²) in [5.74, 6) is 0.608. The first kappa shape index (κ1) is 14.4. The van der Waals surface area contributed by atoms with Crippen LogP contribution in [0.1, 0.15) is 25.1 Å². The lowest BCUT2D eigenvalue weighted by molar-refractivity contribution is 0.191. The van der Waals surface area contributed by atoms with E-state index in [2.05, 4.69) is 12.0 Å². The molecule has 0 aliphatic rings. The van der Waals surface area contributed by atoms with Gasteiger partial charge in [-0.05, 0) is 36.8 Å². The molecule has 0 aliphatic carbocycles. The van der Waals surface area contributed by atoms with Gasteiger partial charge in [-0.15, -0.1) is 11.8 Å². The fraction of sp³-hybridized carbons (Fsp3) is 0.357. The smallest absolute Gasteiger partial charge is 0.105 e. The Bertz CT molecular complexity index is 512. The number of nitrogens with zero attached hydrogens (tertiary/aromatic N) is 2. The van der Waals surface area contributed by atoms with E-state index in [0.717, 1.165) is 28.6 Å². The molecule has 5 heteroatoms. The van der Waals surface area contributed by atoms with E-state index in [9.17, 15) is 5.11 Å². The van der Waals surface area contributed by atoms with Crippen LogP contribution in [0, 0.1) is 0 Å². The molecule has 0 aliphatic heterocycles. The van der Waals surface area contributed by atoms with Gasteiger partial charge in [0, 0.05) is 28.4 Å². The van der Waals surface area contributed by atoms with Gasteiger partial charge >= 0.3 is 0 Å².